The van der Waals surface area contributed by atoms with Crippen molar-refractivity contribution in [3.8, 4) is 0 Å². The predicted molar refractivity (Wildman–Crippen MR) is 134 cm³/mol. The second-order valence-electron chi connectivity index (χ2n) is 13.1. The molecule has 3 saturated carbocycles. The molecule has 6 heteroatoms. The molecule has 4 aliphatic carbocycles. The summed E-state index contributed by atoms with van der Waals surface area (Å²) in [6.45, 7) is 13.6. The average molecular weight is 497 g/mol. The molecule has 0 amide bonds. The zero-order valence-corrected chi connectivity index (χ0v) is 22.6. The Morgan fingerprint density at radius 2 is 1.67 bits per heavy atom. The Bertz CT molecular complexity index is 1100. The number of carbonyl (C=O) groups is 3. The molecule has 3 fully saturated rings. The molecule has 1 heterocycles. The minimum atomic E-state index is -0.765. The van der Waals surface area contributed by atoms with Crippen LogP contribution in [0.3, 0.4) is 0 Å². The number of esters is 2. The molecule has 0 N–H and O–H groups in total. The van der Waals surface area contributed by atoms with Gasteiger partial charge in [-0.25, -0.2) is 0 Å². The number of ketones is 1. The highest BCUT2D eigenvalue weighted by Gasteiger charge is 2.74. The van der Waals surface area contributed by atoms with Crippen molar-refractivity contribution in [2.75, 3.05) is 0 Å². The minimum absolute atomic E-state index is 0.0127. The second-order valence-corrected chi connectivity index (χ2v) is 13.1. The number of furan rings is 1. The number of carbonyl (C=O) groups excluding carboxylic acids is 3. The van der Waals surface area contributed by atoms with Gasteiger partial charge in [-0.1, -0.05) is 40.7 Å². The van der Waals surface area contributed by atoms with E-state index in [0.717, 1.165) is 25.7 Å². The number of hydrogen-bond donors (Lipinski definition) is 0. The Labute approximate surface area is 214 Å². The molecule has 0 saturated heterocycles. The molecule has 0 radical (unpaired) electrons. The summed E-state index contributed by atoms with van der Waals surface area (Å²) in [6.07, 6.45) is 10.1. The Kier molecular flexibility index (Phi) is 5.66. The van der Waals surface area contributed by atoms with Gasteiger partial charge in [-0.15, -0.1) is 0 Å². The van der Waals surface area contributed by atoms with Gasteiger partial charge in [-0.05, 0) is 72.0 Å². The van der Waals surface area contributed by atoms with Crippen LogP contribution in [0.1, 0.15) is 85.6 Å². The van der Waals surface area contributed by atoms with Gasteiger partial charge >= 0.3 is 11.9 Å². The lowest BCUT2D eigenvalue weighted by Gasteiger charge is -2.69. The van der Waals surface area contributed by atoms with Crippen molar-refractivity contribution in [1.82, 2.24) is 0 Å². The molecule has 1 aromatic rings. The topological polar surface area (TPSA) is 82.8 Å². The maximum Gasteiger partial charge on any atom is 0.303 e. The van der Waals surface area contributed by atoms with E-state index in [4.69, 9.17) is 13.9 Å². The van der Waals surface area contributed by atoms with Gasteiger partial charge in [0.2, 0.25) is 0 Å². The summed E-state index contributed by atoms with van der Waals surface area (Å²) >= 11 is 0. The molecule has 1 aromatic heterocycles. The molecule has 0 aliphatic heterocycles. The zero-order chi connectivity index (χ0) is 26.3. The van der Waals surface area contributed by atoms with Gasteiger partial charge in [-0.3, -0.25) is 14.4 Å². The van der Waals surface area contributed by atoms with Gasteiger partial charge in [0.1, 0.15) is 12.2 Å². The summed E-state index contributed by atoms with van der Waals surface area (Å²) in [4.78, 5) is 38.3. The Balaban J connectivity index is 1.71. The average Bonchev–Trinajstić information content (AvgIpc) is 3.41. The van der Waals surface area contributed by atoms with Gasteiger partial charge in [0, 0.05) is 30.6 Å². The smallest absolute Gasteiger partial charge is 0.303 e. The highest BCUT2D eigenvalue weighted by Crippen LogP contribution is 2.74. The van der Waals surface area contributed by atoms with Gasteiger partial charge < -0.3 is 13.9 Å². The van der Waals surface area contributed by atoms with E-state index in [2.05, 4.69) is 32.9 Å². The monoisotopic (exact) mass is 496 g/mol. The van der Waals surface area contributed by atoms with E-state index in [-0.39, 0.29) is 34.9 Å². The Morgan fingerprint density at radius 3 is 2.28 bits per heavy atom. The van der Waals surface area contributed by atoms with Crippen LogP contribution in [0.15, 0.2) is 35.2 Å². The second kappa shape index (κ2) is 8.06. The molecular weight excluding hydrogens is 456 g/mol. The maximum absolute atomic E-state index is 13.2. The van der Waals surface area contributed by atoms with E-state index in [1.165, 1.54) is 19.4 Å². The van der Waals surface area contributed by atoms with Crippen LogP contribution in [0, 0.1) is 39.4 Å². The van der Waals surface area contributed by atoms with Crippen molar-refractivity contribution in [2.45, 2.75) is 92.3 Å². The number of fused-ring (bicyclic) bond motifs is 5. The predicted octanol–water partition coefficient (Wildman–Crippen LogP) is 5.86. The Hall–Kier alpha value is -2.37. The van der Waals surface area contributed by atoms with Crippen molar-refractivity contribution in [3.05, 3.63) is 36.3 Å². The van der Waals surface area contributed by atoms with E-state index in [1.807, 2.05) is 20.1 Å². The third-order valence-corrected chi connectivity index (χ3v) is 11.0. The lowest BCUT2D eigenvalue weighted by Crippen LogP contribution is -2.72. The SMILES string of the molecule is CC(=O)O[C@@H]1[C@@H](OC(C)=O)[C@]2(C)[C@H](CC[C@]3(C)[C@H]2CC[C@H]3c2ccoc2)[C@@]2(C)C=CC(=O)C(C)(C)[C@H]12. The fourth-order valence-corrected chi connectivity index (χ4v) is 9.84. The van der Waals surface area contributed by atoms with E-state index in [9.17, 15) is 14.4 Å². The van der Waals surface area contributed by atoms with Crippen LogP contribution in [0.5, 0.6) is 0 Å². The lowest BCUT2D eigenvalue weighted by atomic mass is 9.36. The first-order valence-corrected chi connectivity index (χ1v) is 13.4. The highest BCUT2D eigenvalue weighted by molar-refractivity contribution is 5.96. The number of hydrogen-bond acceptors (Lipinski definition) is 6. The molecule has 9 atom stereocenters. The van der Waals surface area contributed by atoms with Crippen LogP contribution in [0.4, 0.5) is 0 Å². The van der Waals surface area contributed by atoms with Crippen LogP contribution in [-0.2, 0) is 23.9 Å². The van der Waals surface area contributed by atoms with Crippen molar-refractivity contribution in [2.24, 2.45) is 39.4 Å². The summed E-state index contributed by atoms with van der Waals surface area (Å²) in [6, 6.07) is 2.08. The largest absolute Gasteiger partial charge is 0.472 e. The summed E-state index contributed by atoms with van der Waals surface area (Å²) in [5.74, 6) is -0.310. The van der Waals surface area contributed by atoms with Crippen molar-refractivity contribution >= 4 is 17.7 Å². The zero-order valence-electron chi connectivity index (χ0n) is 22.6. The van der Waals surface area contributed by atoms with Crippen LogP contribution >= 0.6 is 0 Å². The lowest BCUT2D eigenvalue weighted by molar-refractivity contribution is -0.266. The fraction of sp³-hybridized carbons (Fsp3) is 0.700. The van der Waals surface area contributed by atoms with Crippen molar-refractivity contribution in [1.29, 1.82) is 0 Å². The van der Waals surface area contributed by atoms with E-state index < -0.39 is 34.4 Å². The maximum atomic E-state index is 13.2. The first kappa shape index (κ1) is 25.3. The van der Waals surface area contributed by atoms with Gasteiger partial charge in [0.25, 0.3) is 0 Å². The van der Waals surface area contributed by atoms with Crippen LogP contribution in [-0.4, -0.2) is 29.9 Å². The number of rotatable bonds is 3. The van der Waals surface area contributed by atoms with E-state index >= 15 is 0 Å². The molecule has 196 valence electrons. The Morgan fingerprint density at radius 1 is 0.972 bits per heavy atom. The minimum Gasteiger partial charge on any atom is -0.472 e. The summed E-state index contributed by atoms with van der Waals surface area (Å²) in [7, 11) is 0. The fourth-order valence-electron chi connectivity index (χ4n) is 9.84. The van der Waals surface area contributed by atoms with Crippen molar-refractivity contribution < 1.29 is 28.3 Å². The van der Waals surface area contributed by atoms with Crippen molar-refractivity contribution in [3.63, 3.8) is 0 Å². The number of ether oxygens (including phenoxy) is 2. The molecule has 0 unspecified atom stereocenters. The third kappa shape index (κ3) is 3.24. The number of allylic oxidation sites excluding steroid dienone is 2. The summed E-state index contributed by atoms with van der Waals surface area (Å²) in [5.41, 5.74) is -0.381. The molecule has 0 bridgehead atoms. The molecule has 36 heavy (non-hydrogen) atoms. The van der Waals surface area contributed by atoms with Gasteiger partial charge in [0.15, 0.2) is 5.78 Å². The summed E-state index contributed by atoms with van der Waals surface area (Å²) in [5, 5.41) is 0. The molecule has 4 aliphatic rings. The van der Waals surface area contributed by atoms with E-state index in [0.29, 0.717) is 5.92 Å². The quantitative estimate of drug-likeness (QED) is 0.488. The van der Waals surface area contributed by atoms with Crippen LogP contribution < -0.4 is 0 Å². The third-order valence-electron chi connectivity index (χ3n) is 11.0. The molecule has 0 aromatic carbocycles. The van der Waals surface area contributed by atoms with Crippen LogP contribution in [0.2, 0.25) is 0 Å². The standard InChI is InChI=1S/C30H40O6/c1-17(31)35-24-25-27(3,4)23(33)11-14-29(25,6)22-10-13-28(5)20(19-12-15-34-16-19)8-9-21(28)30(22,7)26(24)36-18(2)32/h11-12,14-16,20-22,24-26H,8-10,13H2,1-7H3/t20-,21+,22+,24-,25-,26+,28-,29+,30-/m0/s1. The highest BCUT2D eigenvalue weighted by atomic mass is 16.6. The normalized spacial score (nSPS) is 44.8. The molecule has 0 spiro atoms. The molecular formula is C30H40O6. The van der Waals surface area contributed by atoms with Gasteiger partial charge in [-0.2, -0.15) is 0 Å². The molecule has 6 nitrogen and oxygen atoms in total. The summed E-state index contributed by atoms with van der Waals surface area (Å²) < 4.78 is 17.8. The molecule has 5 rings (SSSR count). The first-order chi connectivity index (χ1) is 16.8. The van der Waals surface area contributed by atoms with Crippen LogP contribution in [0.25, 0.3) is 0 Å². The van der Waals surface area contributed by atoms with Gasteiger partial charge in [0.05, 0.1) is 12.5 Å². The van der Waals surface area contributed by atoms with E-state index in [1.54, 1.807) is 12.3 Å². The first-order valence-electron chi connectivity index (χ1n) is 13.4.